The summed E-state index contributed by atoms with van der Waals surface area (Å²) >= 11 is 3.85. The lowest BCUT2D eigenvalue weighted by Crippen LogP contribution is -2.17. The minimum absolute atomic E-state index is 0.758. The number of aromatic nitrogens is 1. The number of nitrogens with zero attached hydrogens (tertiary/aromatic N) is 1. The Morgan fingerprint density at radius 3 is 3.12 bits per heavy atom. The molecule has 0 bridgehead atoms. The van der Waals surface area contributed by atoms with Crippen LogP contribution in [0.3, 0.4) is 0 Å². The van der Waals surface area contributed by atoms with Gasteiger partial charge in [-0.1, -0.05) is 6.92 Å². The summed E-state index contributed by atoms with van der Waals surface area (Å²) in [6.45, 7) is 4.34. The third kappa shape index (κ3) is 3.22. The SMILES string of the molecule is CSC(C)CCNCc1nc2c(s1)CCC2. The summed E-state index contributed by atoms with van der Waals surface area (Å²) in [5.41, 5.74) is 1.37. The zero-order valence-electron chi connectivity index (χ0n) is 10.1. The van der Waals surface area contributed by atoms with E-state index < -0.39 is 0 Å². The molecule has 2 nitrogen and oxygen atoms in total. The summed E-state index contributed by atoms with van der Waals surface area (Å²) in [6.07, 6.45) is 7.20. The first kappa shape index (κ1) is 12.4. The van der Waals surface area contributed by atoms with Gasteiger partial charge in [0.15, 0.2) is 0 Å². The predicted molar refractivity (Wildman–Crippen MR) is 73.4 cm³/mol. The fourth-order valence-electron chi connectivity index (χ4n) is 1.94. The molecule has 0 spiro atoms. The van der Waals surface area contributed by atoms with Gasteiger partial charge in [-0.05, 0) is 38.5 Å². The largest absolute Gasteiger partial charge is 0.310 e. The van der Waals surface area contributed by atoms with Crippen molar-refractivity contribution >= 4 is 23.1 Å². The van der Waals surface area contributed by atoms with Crippen molar-refractivity contribution in [3.05, 3.63) is 15.6 Å². The lowest BCUT2D eigenvalue weighted by Gasteiger charge is -2.07. The van der Waals surface area contributed by atoms with Crippen molar-refractivity contribution in [3.8, 4) is 0 Å². The molecule has 0 amide bonds. The molecule has 0 aromatic carbocycles. The summed E-state index contributed by atoms with van der Waals surface area (Å²) in [5.74, 6) is 0. The van der Waals surface area contributed by atoms with Crippen LogP contribution in [0.25, 0.3) is 0 Å². The normalized spacial score (nSPS) is 16.4. The summed E-state index contributed by atoms with van der Waals surface area (Å²) in [4.78, 5) is 6.21. The molecule has 1 N–H and O–H groups in total. The predicted octanol–water partition coefficient (Wildman–Crippen LogP) is 2.86. The second kappa shape index (κ2) is 6.03. The van der Waals surface area contributed by atoms with E-state index in [2.05, 4.69) is 23.5 Å². The van der Waals surface area contributed by atoms with Gasteiger partial charge >= 0.3 is 0 Å². The molecular formula is C12H20N2S2. The Balaban J connectivity index is 1.69. The number of thioether (sulfide) groups is 1. The summed E-state index contributed by atoms with van der Waals surface area (Å²) in [5, 5.41) is 5.53. The Kier molecular flexibility index (Phi) is 4.67. The van der Waals surface area contributed by atoms with Gasteiger partial charge in [0, 0.05) is 16.7 Å². The van der Waals surface area contributed by atoms with Crippen LogP contribution in [0.5, 0.6) is 0 Å². The van der Waals surface area contributed by atoms with E-state index in [9.17, 15) is 0 Å². The van der Waals surface area contributed by atoms with E-state index in [4.69, 9.17) is 0 Å². The first-order valence-corrected chi connectivity index (χ1v) is 8.11. The van der Waals surface area contributed by atoms with Gasteiger partial charge in [-0.2, -0.15) is 11.8 Å². The topological polar surface area (TPSA) is 24.9 Å². The highest BCUT2D eigenvalue weighted by molar-refractivity contribution is 7.99. The average molecular weight is 256 g/mol. The molecule has 1 aromatic rings. The fourth-order valence-corrected chi connectivity index (χ4v) is 3.42. The zero-order valence-corrected chi connectivity index (χ0v) is 11.7. The van der Waals surface area contributed by atoms with Gasteiger partial charge in [0.2, 0.25) is 0 Å². The number of aryl methyl sites for hydroxylation is 2. The number of hydrogen-bond acceptors (Lipinski definition) is 4. The van der Waals surface area contributed by atoms with Gasteiger partial charge in [0.05, 0.1) is 5.69 Å². The number of fused-ring (bicyclic) bond motifs is 1. The lowest BCUT2D eigenvalue weighted by atomic mass is 10.3. The Morgan fingerprint density at radius 2 is 2.38 bits per heavy atom. The Labute approximate surface area is 106 Å². The Hall–Kier alpha value is -0.0600. The molecule has 0 radical (unpaired) electrons. The maximum atomic E-state index is 4.68. The third-order valence-corrected chi connectivity index (χ3v) is 5.24. The lowest BCUT2D eigenvalue weighted by molar-refractivity contribution is 0.645. The monoisotopic (exact) mass is 256 g/mol. The second-order valence-electron chi connectivity index (χ2n) is 4.34. The molecule has 1 aliphatic rings. The van der Waals surface area contributed by atoms with Crippen molar-refractivity contribution in [2.75, 3.05) is 12.8 Å². The Bertz CT molecular complexity index is 314. The van der Waals surface area contributed by atoms with E-state index in [1.54, 1.807) is 0 Å². The molecule has 16 heavy (non-hydrogen) atoms. The van der Waals surface area contributed by atoms with E-state index in [1.165, 1.54) is 41.3 Å². The van der Waals surface area contributed by atoms with Crippen LogP contribution in [0, 0.1) is 0 Å². The first-order chi connectivity index (χ1) is 7.79. The van der Waals surface area contributed by atoms with Crippen LogP contribution in [0.15, 0.2) is 0 Å². The molecule has 1 aliphatic carbocycles. The minimum atomic E-state index is 0.758. The number of nitrogens with one attached hydrogen (secondary N) is 1. The smallest absolute Gasteiger partial charge is 0.107 e. The standard InChI is InChI=1S/C12H20N2S2/c1-9(15-2)6-7-13-8-12-14-10-4-3-5-11(10)16-12/h9,13H,3-8H2,1-2H3. The van der Waals surface area contributed by atoms with Gasteiger partial charge < -0.3 is 5.32 Å². The van der Waals surface area contributed by atoms with E-state index in [-0.39, 0.29) is 0 Å². The van der Waals surface area contributed by atoms with E-state index in [0.717, 1.165) is 18.3 Å². The van der Waals surface area contributed by atoms with Crippen LogP contribution in [0.2, 0.25) is 0 Å². The molecule has 1 atom stereocenters. The molecule has 0 saturated carbocycles. The average Bonchev–Trinajstić information content (AvgIpc) is 2.84. The van der Waals surface area contributed by atoms with Gasteiger partial charge in [-0.3, -0.25) is 0 Å². The summed E-state index contributed by atoms with van der Waals surface area (Å²) in [6, 6.07) is 0. The molecule has 0 fully saturated rings. The van der Waals surface area contributed by atoms with Gasteiger partial charge in [0.25, 0.3) is 0 Å². The van der Waals surface area contributed by atoms with E-state index >= 15 is 0 Å². The highest BCUT2D eigenvalue weighted by Gasteiger charge is 2.16. The molecule has 1 unspecified atom stereocenters. The van der Waals surface area contributed by atoms with Crippen LogP contribution in [-0.2, 0) is 19.4 Å². The summed E-state index contributed by atoms with van der Waals surface area (Å²) < 4.78 is 0. The van der Waals surface area contributed by atoms with Crippen LogP contribution in [-0.4, -0.2) is 23.0 Å². The van der Waals surface area contributed by atoms with Crippen LogP contribution < -0.4 is 5.32 Å². The van der Waals surface area contributed by atoms with Crippen molar-refractivity contribution in [2.24, 2.45) is 0 Å². The van der Waals surface area contributed by atoms with Crippen LogP contribution in [0.1, 0.15) is 35.3 Å². The number of hydrogen-bond donors (Lipinski definition) is 1. The van der Waals surface area contributed by atoms with Gasteiger partial charge in [0.1, 0.15) is 5.01 Å². The maximum Gasteiger partial charge on any atom is 0.107 e. The molecule has 1 aromatic heterocycles. The molecule has 2 rings (SSSR count). The van der Waals surface area contributed by atoms with Crippen molar-refractivity contribution in [1.29, 1.82) is 0 Å². The van der Waals surface area contributed by atoms with E-state index in [1.807, 2.05) is 23.1 Å². The maximum absolute atomic E-state index is 4.68. The van der Waals surface area contributed by atoms with Gasteiger partial charge in [-0.15, -0.1) is 11.3 Å². The van der Waals surface area contributed by atoms with Crippen molar-refractivity contribution in [2.45, 2.75) is 44.4 Å². The Morgan fingerprint density at radius 1 is 1.50 bits per heavy atom. The fraction of sp³-hybridized carbons (Fsp3) is 0.750. The van der Waals surface area contributed by atoms with Crippen molar-refractivity contribution in [1.82, 2.24) is 10.3 Å². The third-order valence-electron chi connectivity index (χ3n) is 3.05. The molecule has 4 heteroatoms. The molecule has 90 valence electrons. The first-order valence-electron chi connectivity index (χ1n) is 6.00. The van der Waals surface area contributed by atoms with Crippen LogP contribution in [0.4, 0.5) is 0 Å². The molecule has 1 heterocycles. The quantitative estimate of drug-likeness (QED) is 0.792. The highest BCUT2D eigenvalue weighted by Crippen LogP contribution is 2.27. The zero-order chi connectivity index (χ0) is 11.4. The van der Waals surface area contributed by atoms with Crippen molar-refractivity contribution < 1.29 is 0 Å². The molecule has 0 saturated heterocycles. The minimum Gasteiger partial charge on any atom is -0.310 e. The molecular weight excluding hydrogens is 236 g/mol. The summed E-state index contributed by atoms with van der Waals surface area (Å²) in [7, 11) is 0. The van der Waals surface area contributed by atoms with E-state index in [0.29, 0.717) is 0 Å². The highest BCUT2D eigenvalue weighted by atomic mass is 32.2. The molecule has 0 aliphatic heterocycles. The number of thiazole rings is 1. The van der Waals surface area contributed by atoms with Crippen molar-refractivity contribution in [3.63, 3.8) is 0 Å². The number of rotatable bonds is 6. The van der Waals surface area contributed by atoms with Crippen LogP contribution >= 0.6 is 23.1 Å². The van der Waals surface area contributed by atoms with Gasteiger partial charge in [-0.25, -0.2) is 4.98 Å². The second-order valence-corrected chi connectivity index (χ2v) is 6.79.